The second-order valence-corrected chi connectivity index (χ2v) is 9.01. The monoisotopic (exact) mass is 418 g/mol. The number of rotatable bonds is 5. The SMILES string of the molecule is CC(C)N1C[C@H](Oc2ccccc2)[C@@H]1C1CCN(C(=O)c2ccc3nc[nH]c3c2)CC1. The molecule has 0 saturated carbocycles. The standard InChI is InChI=1S/C25H30N4O2/c1-17(2)29-15-23(31-20-6-4-3-5-7-20)24(29)18-10-12-28(13-11-18)25(30)19-8-9-21-22(14-19)27-16-26-21/h3-9,14,16-18,23-24H,10-13,15H2,1-2H3,(H,26,27)/t23-,24-/m0/s1. The van der Waals surface area contributed by atoms with Gasteiger partial charge in [-0.05, 0) is 62.9 Å². The molecule has 1 aromatic heterocycles. The zero-order chi connectivity index (χ0) is 21.4. The van der Waals surface area contributed by atoms with Crippen LogP contribution in [0.4, 0.5) is 0 Å². The third kappa shape index (κ3) is 3.92. The number of benzene rings is 2. The highest BCUT2D eigenvalue weighted by Gasteiger charge is 2.47. The Kier molecular flexibility index (Phi) is 5.40. The number of imidazole rings is 1. The summed E-state index contributed by atoms with van der Waals surface area (Å²) in [6.45, 7) is 7.09. The average molecular weight is 419 g/mol. The topological polar surface area (TPSA) is 61.5 Å². The van der Waals surface area contributed by atoms with Gasteiger partial charge in [0.25, 0.3) is 5.91 Å². The van der Waals surface area contributed by atoms with E-state index in [1.54, 1.807) is 6.33 Å². The van der Waals surface area contributed by atoms with Crippen molar-refractivity contribution >= 4 is 16.9 Å². The number of para-hydroxylation sites is 1. The molecule has 3 aromatic rings. The summed E-state index contributed by atoms with van der Waals surface area (Å²) in [6, 6.07) is 16.7. The number of carbonyl (C=O) groups is 1. The van der Waals surface area contributed by atoms with E-state index in [0.29, 0.717) is 18.0 Å². The maximum absolute atomic E-state index is 13.1. The lowest BCUT2D eigenvalue weighted by atomic mass is 9.79. The second-order valence-electron chi connectivity index (χ2n) is 9.01. The Morgan fingerprint density at radius 1 is 1.13 bits per heavy atom. The Bertz CT molecular complexity index is 1040. The van der Waals surface area contributed by atoms with Crippen LogP contribution in [0.5, 0.6) is 5.75 Å². The van der Waals surface area contributed by atoms with Crippen LogP contribution in [0, 0.1) is 5.92 Å². The Labute approximate surface area is 183 Å². The predicted molar refractivity (Wildman–Crippen MR) is 121 cm³/mol. The highest BCUT2D eigenvalue weighted by Crippen LogP contribution is 2.36. The van der Waals surface area contributed by atoms with Gasteiger partial charge in [-0.25, -0.2) is 4.98 Å². The molecular weight excluding hydrogens is 388 g/mol. The van der Waals surface area contributed by atoms with E-state index in [1.165, 1.54) is 0 Å². The third-order valence-corrected chi connectivity index (χ3v) is 6.83. The number of hydrogen-bond donors (Lipinski definition) is 1. The van der Waals surface area contributed by atoms with E-state index in [0.717, 1.165) is 54.8 Å². The van der Waals surface area contributed by atoms with E-state index >= 15 is 0 Å². The van der Waals surface area contributed by atoms with E-state index < -0.39 is 0 Å². The van der Waals surface area contributed by atoms with Gasteiger partial charge in [0.1, 0.15) is 11.9 Å². The molecule has 2 aromatic carbocycles. The van der Waals surface area contributed by atoms with Crippen molar-refractivity contribution in [3.8, 4) is 5.75 Å². The number of nitrogens with one attached hydrogen (secondary N) is 1. The van der Waals surface area contributed by atoms with Gasteiger partial charge in [-0.2, -0.15) is 0 Å². The number of carbonyl (C=O) groups excluding carboxylic acids is 1. The molecule has 1 N–H and O–H groups in total. The van der Waals surface area contributed by atoms with Crippen molar-refractivity contribution < 1.29 is 9.53 Å². The second kappa shape index (κ2) is 8.35. The van der Waals surface area contributed by atoms with Crippen molar-refractivity contribution in [2.45, 2.75) is 44.9 Å². The zero-order valence-electron chi connectivity index (χ0n) is 18.2. The number of aromatic nitrogens is 2. The first-order chi connectivity index (χ1) is 15.1. The lowest BCUT2D eigenvalue weighted by Gasteiger charge is -2.54. The normalized spacial score (nSPS) is 22.6. The van der Waals surface area contributed by atoms with Crippen LogP contribution in [0.25, 0.3) is 11.0 Å². The number of hydrogen-bond acceptors (Lipinski definition) is 4. The number of H-pyrrole nitrogens is 1. The van der Waals surface area contributed by atoms with Crippen LogP contribution in [0.15, 0.2) is 54.9 Å². The minimum atomic E-state index is 0.112. The van der Waals surface area contributed by atoms with E-state index in [9.17, 15) is 4.79 Å². The van der Waals surface area contributed by atoms with Crippen LogP contribution >= 0.6 is 0 Å². The van der Waals surface area contributed by atoms with Crippen LogP contribution in [0.3, 0.4) is 0 Å². The van der Waals surface area contributed by atoms with Gasteiger partial charge < -0.3 is 14.6 Å². The molecule has 3 heterocycles. The molecule has 5 rings (SSSR count). The van der Waals surface area contributed by atoms with Gasteiger partial charge in [-0.1, -0.05) is 18.2 Å². The van der Waals surface area contributed by atoms with Gasteiger partial charge in [0, 0.05) is 31.2 Å². The molecular formula is C25H30N4O2. The summed E-state index contributed by atoms with van der Waals surface area (Å²) in [4.78, 5) is 24.9. The van der Waals surface area contributed by atoms with E-state index in [2.05, 4.69) is 28.7 Å². The molecule has 2 fully saturated rings. The maximum Gasteiger partial charge on any atom is 0.253 e. The highest BCUT2D eigenvalue weighted by atomic mass is 16.5. The van der Waals surface area contributed by atoms with Crippen molar-refractivity contribution in [2.24, 2.45) is 5.92 Å². The maximum atomic E-state index is 13.1. The highest BCUT2D eigenvalue weighted by molar-refractivity contribution is 5.97. The summed E-state index contributed by atoms with van der Waals surface area (Å²) in [5.74, 6) is 1.60. The van der Waals surface area contributed by atoms with Crippen molar-refractivity contribution in [1.29, 1.82) is 0 Å². The third-order valence-electron chi connectivity index (χ3n) is 6.83. The largest absolute Gasteiger partial charge is 0.487 e. The average Bonchev–Trinajstić information content (AvgIpc) is 3.25. The molecule has 31 heavy (non-hydrogen) atoms. The number of nitrogens with zero attached hydrogens (tertiary/aromatic N) is 3. The molecule has 2 atom stereocenters. The lowest BCUT2D eigenvalue weighted by molar-refractivity contribution is -0.0983. The Hall–Kier alpha value is -2.86. The van der Waals surface area contributed by atoms with E-state index in [-0.39, 0.29) is 12.0 Å². The zero-order valence-corrected chi connectivity index (χ0v) is 18.2. The van der Waals surface area contributed by atoms with Crippen molar-refractivity contribution in [1.82, 2.24) is 19.8 Å². The summed E-state index contributed by atoms with van der Waals surface area (Å²) in [5.41, 5.74) is 2.52. The smallest absolute Gasteiger partial charge is 0.253 e. The number of aromatic amines is 1. The minimum absolute atomic E-state index is 0.112. The molecule has 0 spiro atoms. The summed E-state index contributed by atoms with van der Waals surface area (Å²) in [5, 5.41) is 0. The van der Waals surface area contributed by atoms with E-state index in [1.807, 2.05) is 53.4 Å². The van der Waals surface area contributed by atoms with Crippen molar-refractivity contribution in [2.75, 3.05) is 19.6 Å². The van der Waals surface area contributed by atoms with Crippen LogP contribution < -0.4 is 4.74 Å². The summed E-state index contributed by atoms with van der Waals surface area (Å²) >= 11 is 0. The van der Waals surface area contributed by atoms with Gasteiger partial charge in [0.05, 0.1) is 23.4 Å². The number of ether oxygens (including phenoxy) is 1. The molecule has 2 aliphatic rings. The summed E-state index contributed by atoms with van der Waals surface area (Å²) in [7, 11) is 0. The first-order valence-electron chi connectivity index (χ1n) is 11.3. The molecule has 1 amide bonds. The molecule has 6 nitrogen and oxygen atoms in total. The molecule has 162 valence electrons. The van der Waals surface area contributed by atoms with Gasteiger partial charge >= 0.3 is 0 Å². The molecule has 0 aliphatic carbocycles. The molecule has 6 heteroatoms. The fourth-order valence-electron chi connectivity index (χ4n) is 5.12. The summed E-state index contributed by atoms with van der Waals surface area (Å²) < 4.78 is 6.34. The number of piperidine rings is 1. The summed E-state index contributed by atoms with van der Waals surface area (Å²) in [6.07, 6.45) is 3.92. The van der Waals surface area contributed by atoms with Crippen molar-refractivity contribution in [3.63, 3.8) is 0 Å². The van der Waals surface area contributed by atoms with Crippen LogP contribution in [0.2, 0.25) is 0 Å². The fraction of sp³-hybridized carbons (Fsp3) is 0.440. The number of likely N-dealkylation sites (tertiary alicyclic amines) is 2. The predicted octanol–water partition coefficient (Wildman–Crippen LogP) is 3.96. The molecule has 2 saturated heterocycles. The Balaban J connectivity index is 1.24. The Morgan fingerprint density at radius 3 is 2.65 bits per heavy atom. The number of fused-ring (bicyclic) bond motifs is 1. The van der Waals surface area contributed by atoms with Crippen LogP contribution in [0.1, 0.15) is 37.0 Å². The minimum Gasteiger partial charge on any atom is -0.487 e. The number of amides is 1. The molecule has 0 unspecified atom stereocenters. The van der Waals surface area contributed by atoms with Gasteiger partial charge in [-0.15, -0.1) is 0 Å². The lowest BCUT2D eigenvalue weighted by Crippen LogP contribution is -2.68. The van der Waals surface area contributed by atoms with Gasteiger partial charge in [0.15, 0.2) is 0 Å². The van der Waals surface area contributed by atoms with Crippen molar-refractivity contribution in [3.05, 3.63) is 60.4 Å². The van der Waals surface area contributed by atoms with Crippen LogP contribution in [-0.4, -0.2) is 63.5 Å². The Morgan fingerprint density at radius 2 is 1.90 bits per heavy atom. The van der Waals surface area contributed by atoms with Crippen LogP contribution in [-0.2, 0) is 0 Å². The molecule has 0 radical (unpaired) electrons. The quantitative estimate of drug-likeness (QED) is 0.681. The molecule has 2 aliphatic heterocycles. The van der Waals surface area contributed by atoms with E-state index in [4.69, 9.17) is 4.74 Å². The van der Waals surface area contributed by atoms with Gasteiger partial charge in [-0.3, -0.25) is 9.69 Å². The molecule has 0 bridgehead atoms. The first-order valence-corrected chi connectivity index (χ1v) is 11.3. The first kappa shape index (κ1) is 20.1. The fourth-order valence-corrected chi connectivity index (χ4v) is 5.12. The van der Waals surface area contributed by atoms with Gasteiger partial charge in [0.2, 0.25) is 0 Å².